The van der Waals surface area contributed by atoms with Crippen molar-refractivity contribution in [3.8, 4) is 17.2 Å². The van der Waals surface area contributed by atoms with Crippen LogP contribution in [0.4, 0.5) is 0 Å². The van der Waals surface area contributed by atoms with Crippen LogP contribution in [0.15, 0.2) is 42.5 Å². The van der Waals surface area contributed by atoms with Gasteiger partial charge >= 0.3 is 5.97 Å². The molecule has 2 N–H and O–H groups in total. The number of hydrogen-bond acceptors (Lipinski definition) is 4. The third-order valence-corrected chi connectivity index (χ3v) is 2.85. The molecule has 2 rings (SSSR count). The van der Waals surface area contributed by atoms with Crippen LogP contribution >= 0.6 is 0 Å². The second-order valence-electron chi connectivity index (χ2n) is 4.57. The SMILES string of the molecule is Cc1ccc(OC(C)Oc2cccc(C(=O)O)c2O)cc1. The quantitative estimate of drug-likeness (QED) is 0.826. The van der Waals surface area contributed by atoms with Gasteiger partial charge in [-0.25, -0.2) is 4.79 Å². The van der Waals surface area contributed by atoms with E-state index in [1.807, 2.05) is 31.2 Å². The average molecular weight is 288 g/mol. The molecule has 110 valence electrons. The standard InChI is InChI=1S/C16H16O5/c1-10-6-8-12(9-7-10)20-11(2)21-14-5-3-4-13(15(14)17)16(18)19/h3-9,11,17H,1-2H3,(H,18,19). The Hall–Kier alpha value is -2.69. The Labute approximate surface area is 122 Å². The van der Waals surface area contributed by atoms with Crippen LogP contribution < -0.4 is 9.47 Å². The Morgan fingerprint density at radius 1 is 1.10 bits per heavy atom. The molecule has 0 aliphatic heterocycles. The summed E-state index contributed by atoms with van der Waals surface area (Å²) in [5, 5.41) is 18.8. The minimum atomic E-state index is -1.22. The van der Waals surface area contributed by atoms with Gasteiger partial charge in [-0.2, -0.15) is 0 Å². The van der Waals surface area contributed by atoms with E-state index in [0.29, 0.717) is 5.75 Å². The Morgan fingerprint density at radius 3 is 2.38 bits per heavy atom. The molecule has 0 amide bonds. The summed E-state index contributed by atoms with van der Waals surface area (Å²) in [6, 6.07) is 11.7. The predicted molar refractivity (Wildman–Crippen MR) is 77.0 cm³/mol. The summed E-state index contributed by atoms with van der Waals surface area (Å²) in [5.41, 5.74) is 0.901. The van der Waals surface area contributed by atoms with Gasteiger partial charge < -0.3 is 19.7 Å². The maximum Gasteiger partial charge on any atom is 0.339 e. The first-order valence-corrected chi connectivity index (χ1v) is 6.42. The van der Waals surface area contributed by atoms with E-state index in [4.69, 9.17) is 14.6 Å². The molecule has 5 heteroatoms. The molecule has 0 bridgehead atoms. The fraction of sp³-hybridized carbons (Fsp3) is 0.188. The highest BCUT2D eigenvalue weighted by Crippen LogP contribution is 2.30. The Morgan fingerprint density at radius 2 is 1.76 bits per heavy atom. The molecule has 5 nitrogen and oxygen atoms in total. The van der Waals surface area contributed by atoms with Gasteiger partial charge in [0.05, 0.1) is 0 Å². The smallest absolute Gasteiger partial charge is 0.339 e. The molecule has 0 aliphatic rings. The monoisotopic (exact) mass is 288 g/mol. The number of aryl methyl sites for hydroxylation is 1. The van der Waals surface area contributed by atoms with Crippen molar-refractivity contribution in [3.63, 3.8) is 0 Å². The first kappa shape index (κ1) is 14.7. The second-order valence-corrected chi connectivity index (χ2v) is 4.57. The number of phenols is 1. The number of carboxylic acids is 1. The number of rotatable bonds is 5. The van der Waals surface area contributed by atoms with Crippen molar-refractivity contribution in [3.05, 3.63) is 53.6 Å². The zero-order valence-electron chi connectivity index (χ0n) is 11.7. The van der Waals surface area contributed by atoms with E-state index in [2.05, 4.69) is 0 Å². The fourth-order valence-electron chi connectivity index (χ4n) is 1.80. The number of benzene rings is 2. The van der Waals surface area contributed by atoms with Gasteiger partial charge in [0.15, 0.2) is 11.5 Å². The summed E-state index contributed by atoms with van der Waals surface area (Å²) in [7, 11) is 0. The number of hydrogen-bond donors (Lipinski definition) is 2. The van der Waals surface area contributed by atoms with Crippen LogP contribution in [-0.2, 0) is 0 Å². The van der Waals surface area contributed by atoms with Crippen LogP contribution in [-0.4, -0.2) is 22.5 Å². The van der Waals surface area contributed by atoms with Crippen LogP contribution in [0.3, 0.4) is 0 Å². The van der Waals surface area contributed by atoms with Crippen LogP contribution in [0.25, 0.3) is 0 Å². The van der Waals surface area contributed by atoms with Crippen molar-refractivity contribution in [1.29, 1.82) is 0 Å². The molecule has 0 saturated heterocycles. The number of para-hydroxylation sites is 1. The first-order chi connectivity index (χ1) is 9.97. The van der Waals surface area contributed by atoms with Crippen LogP contribution in [0, 0.1) is 6.92 Å². The lowest BCUT2D eigenvalue weighted by atomic mass is 10.2. The van der Waals surface area contributed by atoms with E-state index in [1.165, 1.54) is 18.2 Å². The summed E-state index contributed by atoms with van der Waals surface area (Å²) >= 11 is 0. The summed E-state index contributed by atoms with van der Waals surface area (Å²) in [4.78, 5) is 10.9. The van der Waals surface area contributed by atoms with E-state index in [9.17, 15) is 9.90 Å². The van der Waals surface area contributed by atoms with Crippen molar-refractivity contribution in [1.82, 2.24) is 0 Å². The van der Waals surface area contributed by atoms with Crippen molar-refractivity contribution in [2.75, 3.05) is 0 Å². The number of carbonyl (C=O) groups is 1. The molecule has 1 unspecified atom stereocenters. The lowest BCUT2D eigenvalue weighted by Gasteiger charge is -2.17. The van der Waals surface area contributed by atoms with Crippen molar-refractivity contribution in [2.45, 2.75) is 20.1 Å². The Balaban J connectivity index is 2.09. The van der Waals surface area contributed by atoms with Gasteiger partial charge in [0.25, 0.3) is 0 Å². The largest absolute Gasteiger partial charge is 0.504 e. The van der Waals surface area contributed by atoms with Gasteiger partial charge in [0, 0.05) is 6.92 Å². The Kier molecular flexibility index (Phi) is 4.33. The minimum absolute atomic E-state index is 0.0644. The minimum Gasteiger partial charge on any atom is -0.504 e. The summed E-state index contributed by atoms with van der Waals surface area (Å²) in [6.07, 6.45) is -0.678. The number of ether oxygens (including phenoxy) is 2. The maximum absolute atomic E-state index is 10.9. The van der Waals surface area contributed by atoms with Gasteiger partial charge in [-0.1, -0.05) is 23.8 Å². The lowest BCUT2D eigenvalue weighted by molar-refractivity contribution is 0.0200. The maximum atomic E-state index is 10.9. The van der Waals surface area contributed by atoms with Crippen LogP contribution in [0.1, 0.15) is 22.8 Å². The second kappa shape index (κ2) is 6.17. The van der Waals surface area contributed by atoms with Crippen molar-refractivity contribution >= 4 is 5.97 Å². The highest BCUT2D eigenvalue weighted by Gasteiger charge is 2.16. The zero-order chi connectivity index (χ0) is 15.4. The van der Waals surface area contributed by atoms with Gasteiger partial charge in [0.2, 0.25) is 6.29 Å². The zero-order valence-corrected chi connectivity index (χ0v) is 11.7. The summed E-state index contributed by atoms with van der Waals surface area (Å²) in [6.45, 7) is 3.63. The lowest BCUT2D eigenvalue weighted by Crippen LogP contribution is -2.19. The number of aromatic hydroxyl groups is 1. The highest BCUT2D eigenvalue weighted by atomic mass is 16.7. The van der Waals surface area contributed by atoms with Crippen molar-refractivity contribution in [2.24, 2.45) is 0 Å². The van der Waals surface area contributed by atoms with Crippen LogP contribution in [0.5, 0.6) is 17.2 Å². The third kappa shape index (κ3) is 3.66. The van der Waals surface area contributed by atoms with Gasteiger partial charge in [-0.15, -0.1) is 0 Å². The molecular weight excluding hydrogens is 272 g/mol. The molecule has 0 aromatic heterocycles. The normalized spacial score (nSPS) is 11.7. The van der Waals surface area contributed by atoms with Gasteiger partial charge in [0.1, 0.15) is 11.3 Å². The Bertz CT molecular complexity index is 634. The first-order valence-electron chi connectivity index (χ1n) is 6.42. The third-order valence-electron chi connectivity index (χ3n) is 2.85. The van der Waals surface area contributed by atoms with Gasteiger partial charge in [-0.05, 0) is 31.2 Å². The molecule has 0 radical (unpaired) electrons. The molecule has 0 heterocycles. The molecule has 2 aromatic rings. The topological polar surface area (TPSA) is 76.0 Å². The average Bonchev–Trinajstić information content (AvgIpc) is 2.43. The van der Waals surface area contributed by atoms with E-state index >= 15 is 0 Å². The summed E-state index contributed by atoms with van der Waals surface area (Å²) in [5.74, 6) is -0.939. The summed E-state index contributed by atoms with van der Waals surface area (Å²) < 4.78 is 11.0. The van der Waals surface area contributed by atoms with Gasteiger partial charge in [-0.3, -0.25) is 0 Å². The number of aromatic carboxylic acids is 1. The molecule has 0 aliphatic carbocycles. The van der Waals surface area contributed by atoms with E-state index in [0.717, 1.165) is 5.56 Å². The molecular formula is C16H16O5. The number of carboxylic acid groups (broad SMARTS) is 1. The molecule has 1 atom stereocenters. The van der Waals surface area contributed by atoms with E-state index in [-0.39, 0.29) is 11.3 Å². The molecule has 2 aromatic carbocycles. The highest BCUT2D eigenvalue weighted by molar-refractivity contribution is 5.91. The predicted octanol–water partition coefficient (Wildman–Crippen LogP) is 3.20. The van der Waals surface area contributed by atoms with Crippen LogP contribution in [0.2, 0.25) is 0 Å². The molecule has 0 fully saturated rings. The van der Waals surface area contributed by atoms with E-state index in [1.54, 1.807) is 6.92 Å². The van der Waals surface area contributed by atoms with E-state index < -0.39 is 18.0 Å². The fourth-order valence-corrected chi connectivity index (χ4v) is 1.80. The molecule has 0 spiro atoms. The molecule has 21 heavy (non-hydrogen) atoms. The van der Waals surface area contributed by atoms with Crippen molar-refractivity contribution < 1.29 is 24.5 Å². The molecule has 0 saturated carbocycles.